The molecule has 84 valence electrons. The highest BCUT2D eigenvalue weighted by atomic mass is 16.2. The number of hydrogen-bond acceptors (Lipinski definition) is 4. The van der Waals surface area contributed by atoms with Crippen molar-refractivity contribution in [2.45, 2.75) is 40.0 Å². The molecule has 0 aromatic carbocycles. The van der Waals surface area contributed by atoms with Crippen molar-refractivity contribution < 1.29 is 19.2 Å². The van der Waals surface area contributed by atoms with Gasteiger partial charge in [0.15, 0.2) is 0 Å². The molecule has 0 bridgehead atoms. The lowest BCUT2D eigenvalue weighted by atomic mass is 9.97. The number of carbonyl (C=O) groups is 4. The molecule has 1 unspecified atom stereocenters. The molecule has 0 aromatic heterocycles. The third-order valence-electron chi connectivity index (χ3n) is 2.19. The van der Waals surface area contributed by atoms with Crippen LogP contribution in [0.5, 0.6) is 0 Å². The first kappa shape index (κ1) is 13.7. The molecule has 0 amide bonds. The second kappa shape index (κ2) is 6.22. The summed E-state index contributed by atoms with van der Waals surface area (Å²) < 4.78 is 0. The molecule has 15 heavy (non-hydrogen) atoms. The van der Waals surface area contributed by atoms with E-state index >= 15 is 0 Å². The van der Waals surface area contributed by atoms with E-state index < -0.39 is 5.92 Å². The number of ketones is 4. The molecule has 0 rings (SSSR count). The first-order chi connectivity index (χ1) is 6.84. The molecule has 0 spiro atoms. The van der Waals surface area contributed by atoms with Gasteiger partial charge in [-0.05, 0) is 20.8 Å². The van der Waals surface area contributed by atoms with E-state index in [-0.39, 0.29) is 42.4 Å². The Kier molecular flexibility index (Phi) is 5.67. The average Bonchev–Trinajstić information content (AvgIpc) is 2.11. The molecule has 0 saturated carbocycles. The SMILES string of the molecule is CC(=O)CC(=O)CCC(=O)C(C)C(C)=O. The van der Waals surface area contributed by atoms with Gasteiger partial charge in [-0.1, -0.05) is 0 Å². The van der Waals surface area contributed by atoms with Crippen LogP contribution in [-0.4, -0.2) is 23.1 Å². The number of hydrogen-bond donors (Lipinski definition) is 0. The van der Waals surface area contributed by atoms with E-state index in [0.29, 0.717) is 0 Å². The summed E-state index contributed by atoms with van der Waals surface area (Å²) in [5.41, 5.74) is 0. The molecule has 0 radical (unpaired) electrons. The van der Waals surface area contributed by atoms with Crippen molar-refractivity contribution in [2.75, 3.05) is 0 Å². The minimum absolute atomic E-state index is 0.0485. The predicted molar refractivity (Wildman–Crippen MR) is 54.4 cm³/mol. The van der Waals surface area contributed by atoms with Crippen LogP contribution in [0.25, 0.3) is 0 Å². The van der Waals surface area contributed by atoms with Gasteiger partial charge >= 0.3 is 0 Å². The minimum Gasteiger partial charge on any atom is -0.300 e. The first-order valence-electron chi connectivity index (χ1n) is 4.89. The number of rotatable bonds is 7. The van der Waals surface area contributed by atoms with Gasteiger partial charge in [0.1, 0.15) is 23.1 Å². The summed E-state index contributed by atoms with van der Waals surface area (Å²) in [6, 6.07) is 0. The normalized spacial score (nSPS) is 11.9. The van der Waals surface area contributed by atoms with Gasteiger partial charge < -0.3 is 0 Å². The number of Topliss-reactive ketones (excluding diaryl/α,β-unsaturated/α-hetero) is 4. The topological polar surface area (TPSA) is 68.3 Å². The Bertz CT molecular complexity index is 291. The third-order valence-corrected chi connectivity index (χ3v) is 2.19. The quantitative estimate of drug-likeness (QED) is 0.593. The number of carbonyl (C=O) groups excluding carboxylic acids is 4. The zero-order valence-corrected chi connectivity index (χ0v) is 9.33. The fourth-order valence-electron chi connectivity index (χ4n) is 1.07. The van der Waals surface area contributed by atoms with E-state index in [1.165, 1.54) is 20.8 Å². The Morgan fingerprint density at radius 1 is 1.00 bits per heavy atom. The zero-order valence-electron chi connectivity index (χ0n) is 9.33. The molecule has 0 aliphatic carbocycles. The molecule has 1 atom stereocenters. The summed E-state index contributed by atoms with van der Waals surface area (Å²) in [5.74, 6) is -1.52. The molecular weight excluding hydrogens is 196 g/mol. The van der Waals surface area contributed by atoms with E-state index in [0.717, 1.165) is 0 Å². The van der Waals surface area contributed by atoms with Crippen LogP contribution in [0.3, 0.4) is 0 Å². The summed E-state index contributed by atoms with van der Waals surface area (Å²) in [5, 5.41) is 0. The van der Waals surface area contributed by atoms with Crippen molar-refractivity contribution in [2.24, 2.45) is 5.92 Å². The molecule has 0 N–H and O–H groups in total. The Morgan fingerprint density at radius 2 is 1.53 bits per heavy atom. The highest BCUT2D eigenvalue weighted by molar-refractivity contribution is 6.03. The molecule has 0 aromatic rings. The monoisotopic (exact) mass is 212 g/mol. The maximum Gasteiger partial charge on any atom is 0.143 e. The molecule has 0 heterocycles. The van der Waals surface area contributed by atoms with Gasteiger partial charge in [-0.3, -0.25) is 19.2 Å². The fraction of sp³-hybridized carbons (Fsp3) is 0.636. The van der Waals surface area contributed by atoms with Crippen molar-refractivity contribution in [3.8, 4) is 0 Å². The molecule has 4 nitrogen and oxygen atoms in total. The minimum atomic E-state index is -0.643. The molecule has 0 saturated heterocycles. The smallest absolute Gasteiger partial charge is 0.143 e. The van der Waals surface area contributed by atoms with Crippen LogP contribution >= 0.6 is 0 Å². The van der Waals surface area contributed by atoms with Crippen LogP contribution in [0.15, 0.2) is 0 Å². The van der Waals surface area contributed by atoms with Gasteiger partial charge in [-0.2, -0.15) is 0 Å². The van der Waals surface area contributed by atoms with Gasteiger partial charge in [0, 0.05) is 12.8 Å². The Balaban J connectivity index is 3.96. The fourth-order valence-corrected chi connectivity index (χ4v) is 1.07. The first-order valence-corrected chi connectivity index (χ1v) is 4.89. The van der Waals surface area contributed by atoms with Crippen molar-refractivity contribution in [1.82, 2.24) is 0 Å². The molecule has 0 aliphatic heterocycles. The highest BCUT2D eigenvalue weighted by Gasteiger charge is 2.18. The van der Waals surface area contributed by atoms with Crippen LogP contribution in [0.1, 0.15) is 40.0 Å². The lowest BCUT2D eigenvalue weighted by Crippen LogP contribution is -2.19. The van der Waals surface area contributed by atoms with Gasteiger partial charge in [-0.15, -0.1) is 0 Å². The standard InChI is InChI=1S/C11H16O4/c1-7(12)6-10(14)4-5-11(15)8(2)9(3)13/h8H,4-6H2,1-3H3. The van der Waals surface area contributed by atoms with Crippen LogP contribution in [-0.2, 0) is 19.2 Å². The van der Waals surface area contributed by atoms with E-state index in [4.69, 9.17) is 0 Å². The molecule has 4 heteroatoms. The molecule has 0 aliphatic rings. The van der Waals surface area contributed by atoms with Gasteiger partial charge in [-0.25, -0.2) is 0 Å². The van der Waals surface area contributed by atoms with Crippen molar-refractivity contribution in [3.05, 3.63) is 0 Å². The molecular formula is C11H16O4. The van der Waals surface area contributed by atoms with Gasteiger partial charge in [0.2, 0.25) is 0 Å². The van der Waals surface area contributed by atoms with E-state index in [2.05, 4.69) is 0 Å². The second-order valence-corrected chi connectivity index (χ2v) is 3.72. The van der Waals surface area contributed by atoms with Crippen LogP contribution < -0.4 is 0 Å². The Labute approximate surface area is 89.0 Å². The summed E-state index contributed by atoms with van der Waals surface area (Å²) in [4.78, 5) is 43.8. The second-order valence-electron chi connectivity index (χ2n) is 3.72. The third kappa shape index (κ3) is 5.88. The van der Waals surface area contributed by atoms with Crippen LogP contribution in [0, 0.1) is 5.92 Å². The lowest BCUT2D eigenvalue weighted by molar-refractivity contribution is -0.133. The summed E-state index contributed by atoms with van der Waals surface area (Å²) in [6.45, 7) is 4.21. The van der Waals surface area contributed by atoms with Gasteiger partial charge in [0.25, 0.3) is 0 Å². The summed E-state index contributed by atoms with van der Waals surface area (Å²) in [7, 11) is 0. The van der Waals surface area contributed by atoms with E-state index in [1.807, 2.05) is 0 Å². The summed E-state index contributed by atoms with van der Waals surface area (Å²) in [6.07, 6.45) is -0.0232. The molecule has 0 fully saturated rings. The average molecular weight is 212 g/mol. The van der Waals surface area contributed by atoms with E-state index in [1.54, 1.807) is 0 Å². The van der Waals surface area contributed by atoms with Gasteiger partial charge in [0.05, 0.1) is 12.3 Å². The Morgan fingerprint density at radius 3 is 1.93 bits per heavy atom. The van der Waals surface area contributed by atoms with Crippen molar-refractivity contribution in [1.29, 1.82) is 0 Å². The summed E-state index contributed by atoms with van der Waals surface area (Å²) >= 11 is 0. The predicted octanol–water partition coefficient (Wildman–Crippen LogP) is 1.11. The Hall–Kier alpha value is -1.32. The van der Waals surface area contributed by atoms with Crippen LogP contribution in [0.4, 0.5) is 0 Å². The largest absolute Gasteiger partial charge is 0.300 e. The van der Waals surface area contributed by atoms with E-state index in [9.17, 15) is 19.2 Å². The van der Waals surface area contributed by atoms with Crippen LogP contribution in [0.2, 0.25) is 0 Å². The van der Waals surface area contributed by atoms with Crippen molar-refractivity contribution >= 4 is 23.1 Å². The lowest BCUT2D eigenvalue weighted by Gasteiger charge is -2.05. The van der Waals surface area contributed by atoms with Crippen molar-refractivity contribution in [3.63, 3.8) is 0 Å². The maximum atomic E-state index is 11.3. The zero-order chi connectivity index (χ0) is 12.0. The maximum absolute atomic E-state index is 11.3. The highest BCUT2D eigenvalue weighted by Crippen LogP contribution is 2.06.